The van der Waals surface area contributed by atoms with E-state index in [1.807, 2.05) is 72.8 Å². The first kappa shape index (κ1) is 31.7. The molecule has 4 aromatic carbocycles. The molecule has 6 rings (SSSR count). The predicted octanol–water partition coefficient (Wildman–Crippen LogP) is 7.10. The number of imide groups is 1. The Bertz CT molecular complexity index is 2090. The van der Waals surface area contributed by atoms with Gasteiger partial charge in [-0.25, -0.2) is 9.07 Å². The number of carbonyl (C=O) groups is 2. The van der Waals surface area contributed by atoms with Crippen molar-refractivity contribution >= 4 is 17.9 Å². The van der Waals surface area contributed by atoms with Crippen LogP contribution in [0.2, 0.25) is 0 Å². The highest BCUT2D eigenvalue weighted by molar-refractivity contribution is 6.19. The van der Waals surface area contributed by atoms with Gasteiger partial charge in [-0.15, -0.1) is 0 Å². The smallest absolute Gasteiger partial charge is 0.271 e. The third-order valence-corrected chi connectivity index (χ3v) is 8.13. The fourth-order valence-corrected chi connectivity index (χ4v) is 5.46. The van der Waals surface area contributed by atoms with Gasteiger partial charge in [0.25, 0.3) is 11.8 Å². The average Bonchev–Trinajstić information content (AvgIpc) is 3.55. The molecule has 2 heterocycles. The van der Waals surface area contributed by atoms with Crippen LogP contribution in [-0.2, 0) is 22.6 Å². The summed E-state index contributed by atoms with van der Waals surface area (Å²) in [6, 6.07) is 32.6. The first-order valence-corrected chi connectivity index (χ1v) is 15.3. The van der Waals surface area contributed by atoms with E-state index in [4.69, 9.17) is 14.6 Å². The van der Waals surface area contributed by atoms with Crippen molar-refractivity contribution < 1.29 is 23.5 Å². The van der Waals surface area contributed by atoms with Crippen LogP contribution in [0.4, 0.5) is 4.39 Å². The Morgan fingerprint density at radius 2 is 1.65 bits per heavy atom. The number of halogens is 1. The number of carbonyl (C=O) groups excluding carboxylic acids is 2. The number of methoxy groups -OCH3 is 1. The van der Waals surface area contributed by atoms with Gasteiger partial charge in [0.05, 0.1) is 12.8 Å². The second kappa shape index (κ2) is 14.0. The number of hydrogen-bond donors (Lipinski definition) is 0. The number of para-hydroxylation sites is 1. The average molecular weight is 639 g/mol. The minimum Gasteiger partial charge on any atom is -0.497 e. The van der Waals surface area contributed by atoms with Gasteiger partial charge in [-0.1, -0.05) is 60.7 Å². The van der Waals surface area contributed by atoms with Gasteiger partial charge >= 0.3 is 0 Å². The third-order valence-electron chi connectivity index (χ3n) is 8.13. The van der Waals surface area contributed by atoms with E-state index in [-0.39, 0.29) is 30.1 Å². The summed E-state index contributed by atoms with van der Waals surface area (Å²) >= 11 is 0. The first-order chi connectivity index (χ1) is 23.4. The summed E-state index contributed by atoms with van der Waals surface area (Å²) < 4.78 is 27.1. The summed E-state index contributed by atoms with van der Waals surface area (Å²) in [5.74, 6) is -0.252. The molecule has 0 saturated carbocycles. The van der Waals surface area contributed by atoms with Crippen LogP contribution >= 0.6 is 0 Å². The highest BCUT2D eigenvalue weighted by Gasteiger charge is 2.35. The maximum absolute atomic E-state index is 14.2. The van der Waals surface area contributed by atoms with Crippen LogP contribution in [0.5, 0.6) is 11.5 Å². The Morgan fingerprint density at radius 1 is 0.896 bits per heavy atom. The van der Waals surface area contributed by atoms with E-state index in [2.05, 4.69) is 0 Å². The normalized spacial score (nSPS) is 14.0. The zero-order valence-corrected chi connectivity index (χ0v) is 26.4. The van der Waals surface area contributed by atoms with E-state index in [9.17, 15) is 19.2 Å². The Labute approximate surface area is 277 Å². The van der Waals surface area contributed by atoms with Crippen molar-refractivity contribution in [1.82, 2.24) is 14.7 Å². The largest absolute Gasteiger partial charge is 0.497 e. The Balaban J connectivity index is 1.37. The van der Waals surface area contributed by atoms with E-state index in [1.165, 1.54) is 6.07 Å². The van der Waals surface area contributed by atoms with Crippen LogP contribution in [-0.4, -0.2) is 40.1 Å². The topological polar surface area (TPSA) is 97.5 Å². The molecule has 238 valence electrons. The number of aromatic nitrogens is 2. The molecule has 0 N–H and O–H groups in total. The van der Waals surface area contributed by atoms with Crippen LogP contribution in [0, 0.1) is 17.1 Å². The fraction of sp³-hybridized carbons (Fsp3) is 0.128. The number of nitrogens with zero attached hydrogens (tertiary/aromatic N) is 4. The van der Waals surface area contributed by atoms with E-state index in [0.29, 0.717) is 45.9 Å². The van der Waals surface area contributed by atoms with Gasteiger partial charge < -0.3 is 9.47 Å². The Kier molecular flexibility index (Phi) is 9.26. The number of rotatable bonds is 10. The van der Waals surface area contributed by atoms with E-state index in [0.717, 1.165) is 16.2 Å². The quantitative estimate of drug-likeness (QED) is 0.120. The van der Waals surface area contributed by atoms with Gasteiger partial charge in [-0.05, 0) is 73.0 Å². The molecule has 0 unspecified atom stereocenters. The lowest BCUT2D eigenvalue weighted by Gasteiger charge is -2.27. The molecular weight excluding hydrogens is 607 g/mol. The predicted molar refractivity (Wildman–Crippen MR) is 179 cm³/mol. The molecule has 0 aliphatic carbocycles. The van der Waals surface area contributed by atoms with Crippen molar-refractivity contribution in [1.29, 1.82) is 5.26 Å². The van der Waals surface area contributed by atoms with Crippen LogP contribution in [0.15, 0.2) is 126 Å². The standard InChI is InChI=1S/C39H31FN4O4/c1-26-34(38(45)43(39(46)35(26)23-41)20-19-27-15-17-32(47-2)18-16-27)22-30-24-44(31-11-4-3-5-12-31)42-37(30)28-10-8-13-33(21-28)48-25-29-9-6-7-14-36(29)40/h3-18,21-22,24H,19-20,25H2,1-2H3/b34-22+. The summed E-state index contributed by atoms with van der Waals surface area (Å²) in [4.78, 5) is 28.4. The van der Waals surface area contributed by atoms with Gasteiger partial charge in [0.2, 0.25) is 0 Å². The molecule has 0 fully saturated rings. The molecule has 48 heavy (non-hydrogen) atoms. The lowest BCUT2D eigenvalue weighted by molar-refractivity contribution is -0.140. The lowest BCUT2D eigenvalue weighted by Crippen LogP contribution is -2.43. The number of ether oxygens (including phenoxy) is 2. The van der Waals surface area contributed by atoms with Gasteiger partial charge in [0.1, 0.15) is 41.3 Å². The summed E-state index contributed by atoms with van der Waals surface area (Å²) in [6.07, 6.45) is 3.88. The highest BCUT2D eigenvalue weighted by atomic mass is 19.1. The van der Waals surface area contributed by atoms with Crippen molar-refractivity contribution in [3.05, 3.63) is 149 Å². The zero-order chi connectivity index (χ0) is 33.6. The van der Waals surface area contributed by atoms with Crippen LogP contribution in [0.3, 0.4) is 0 Å². The van der Waals surface area contributed by atoms with Gasteiger partial charge in [-0.2, -0.15) is 10.4 Å². The second-order valence-electron chi connectivity index (χ2n) is 11.2. The number of nitriles is 1. The molecule has 0 atom stereocenters. The van der Waals surface area contributed by atoms with Crippen molar-refractivity contribution in [3.8, 4) is 34.5 Å². The van der Waals surface area contributed by atoms with Crippen LogP contribution in [0.25, 0.3) is 23.0 Å². The van der Waals surface area contributed by atoms with Crippen molar-refractivity contribution in [3.63, 3.8) is 0 Å². The first-order valence-electron chi connectivity index (χ1n) is 15.3. The summed E-state index contributed by atoms with van der Waals surface area (Å²) in [5.41, 5.74) is 4.41. The van der Waals surface area contributed by atoms with Crippen LogP contribution in [0.1, 0.15) is 23.6 Å². The van der Waals surface area contributed by atoms with Gasteiger partial charge in [0, 0.05) is 35.0 Å². The maximum Gasteiger partial charge on any atom is 0.271 e. The molecule has 9 heteroatoms. The monoisotopic (exact) mass is 638 g/mol. The molecule has 1 aliphatic heterocycles. The Morgan fingerprint density at radius 3 is 2.38 bits per heavy atom. The number of hydrogen-bond acceptors (Lipinski definition) is 6. The lowest BCUT2D eigenvalue weighted by atomic mass is 9.93. The third kappa shape index (κ3) is 6.64. The maximum atomic E-state index is 14.2. The van der Waals surface area contributed by atoms with E-state index < -0.39 is 11.8 Å². The van der Waals surface area contributed by atoms with Crippen molar-refractivity contribution in [2.24, 2.45) is 0 Å². The fourth-order valence-electron chi connectivity index (χ4n) is 5.46. The molecule has 0 spiro atoms. The van der Waals surface area contributed by atoms with Crippen molar-refractivity contribution in [2.75, 3.05) is 13.7 Å². The molecule has 0 saturated heterocycles. The molecule has 1 aliphatic rings. The number of benzene rings is 4. The molecule has 0 radical (unpaired) electrons. The molecule has 2 amide bonds. The molecular formula is C39H31FN4O4. The molecule has 5 aromatic rings. The van der Waals surface area contributed by atoms with Crippen molar-refractivity contribution in [2.45, 2.75) is 20.0 Å². The minimum atomic E-state index is -0.620. The van der Waals surface area contributed by atoms with Gasteiger partial charge in [0.15, 0.2) is 0 Å². The van der Waals surface area contributed by atoms with Gasteiger partial charge in [-0.3, -0.25) is 14.5 Å². The van der Waals surface area contributed by atoms with E-state index in [1.54, 1.807) is 61.3 Å². The second-order valence-corrected chi connectivity index (χ2v) is 11.2. The minimum absolute atomic E-state index is 0.0430. The Hall–Kier alpha value is -6.27. The van der Waals surface area contributed by atoms with Crippen LogP contribution < -0.4 is 9.47 Å². The van der Waals surface area contributed by atoms with E-state index >= 15 is 0 Å². The summed E-state index contributed by atoms with van der Waals surface area (Å²) in [7, 11) is 1.58. The zero-order valence-electron chi connectivity index (χ0n) is 26.4. The SMILES string of the molecule is COc1ccc(CCN2C(=O)C(C#N)=C(C)/C(=C\c3cn(-c4ccccc4)nc3-c3cccc(OCc4ccccc4F)c3)C2=O)cc1. The summed E-state index contributed by atoms with van der Waals surface area (Å²) in [6.45, 7) is 1.75. The molecule has 8 nitrogen and oxygen atoms in total. The summed E-state index contributed by atoms with van der Waals surface area (Å²) in [5, 5.41) is 14.8. The molecule has 0 bridgehead atoms. The number of amides is 2. The highest BCUT2D eigenvalue weighted by Crippen LogP contribution is 2.33. The molecule has 1 aromatic heterocycles.